The summed E-state index contributed by atoms with van der Waals surface area (Å²) in [5.41, 5.74) is 17.3. The number of furan rings is 1. The molecule has 5 aromatic heterocycles. The monoisotopic (exact) mass is 854 g/mol. The van der Waals surface area contributed by atoms with Gasteiger partial charge in [0.15, 0.2) is 0 Å². The zero-order valence-electron chi connectivity index (χ0n) is 36.1. The molecule has 0 bridgehead atoms. The Morgan fingerprint density at radius 2 is 0.821 bits per heavy atom. The van der Waals surface area contributed by atoms with Crippen molar-refractivity contribution in [3.8, 4) is 56.1 Å². The van der Waals surface area contributed by atoms with Gasteiger partial charge in [0.2, 0.25) is 0 Å². The van der Waals surface area contributed by atoms with Crippen LogP contribution in [0.3, 0.4) is 0 Å². The largest absolute Gasteiger partial charge is 0.456 e. The smallest absolute Gasteiger partial charge is 0.138 e. The fourth-order valence-electron chi connectivity index (χ4n) is 10.4. The number of benzene rings is 9. The van der Waals surface area contributed by atoms with Gasteiger partial charge < -0.3 is 13.6 Å². The highest BCUT2D eigenvalue weighted by Crippen LogP contribution is 2.40. The average Bonchev–Trinajstić information content (AvgIpc) is 4.05. The Labute approximate surface area is 385 Å². The van der Waals surface area contributed by atoms with Gasteiger partial charge in [0.1, 0.15) is 11.2 Å². The molecule has 0 saturated heterocycles. The van der Waals surface area contributed by atoms with Crippen LogP contribution in [0.5, 0.6) is 0 Å². The van der Waals surface area contributed by atoms with Crippen LogP contribution in [-0.2, 0) is 0 Å². The number of hydrogen-bond acceptors (Lipinski definition) is 3. The van der Waals surface area contributed by atoms with E-state index in [1.54, 1.807) is 6.20 Å². The van der Waals surface area contributed by atoms with Gasteiger partial charge in [-0.25, -0.2) is 4.98 Å². The summed E-state index contributed by atoms with van der Waals surface area (Å²) in [6.07, 6.45) is 3.67. The minimum atomic E-state index is 0.846. The van der Waals surface area contributed by atoms with Gasteiger partial charge in [-0.2, -0.15) is 0 Å². The van der Waals surface area contributed by atoms with Crippen molar-refractivity contribution in [1.82, 2.24) is 19.1 Å². The number of para-hydroxylation sites is 2. The van der Waals surface area contributed by atoms with Crippen LogP contribution in [0.4, 0.5) is 0 Å². The molecule has 0 atom stereocenters. The predicted octanol–water partition coefficient (Wildman–Crippen LogP) is 16.4. The lowest BCUT2D eigenvalue weighted by atomic mass is 9.96. The van der Waals surface area contributed by atoms with E-state index in [-0.39, 0.29) is 0 Å². The molecule has 0 N–H and O–H groups in total. The second-order valence-electron chi connectivity index (χ2n) is 17.4. The van der Waals surface area contributed by atoms with E-state index in [9.17, 15) is 0 Å². The summed E-state index contributed by atoms with van der Waals surface area (Å²) in [5.74, 6) is 0. The van der Waals surface area contributed by atoms with E-state index in [2.05, 4.69) is 226 Å². The summed E-state index contributed by atoms with van der Waals surface area (Å²) >= 11 is 0. The van der Waals surface area contributed by atoms with Crippen LogP contribution < -0.4 is 0 Å². The van der Waals surface area contributed by atoms with E-state index < -0.39 is 0 Å². The SMILES string of the molecule is c1ccc(-c2cc(-n3c4ccccc4c4cc(-c5ccc6ccc(-c7ccc8c(c7)c7ccccc7n8-c7ccc8oc9ccncc9c8c7)cc6c5)ccc43)cc(-c3ccccc3)n2)cc1. The maximum atomic E-state index is 6.15. The van der Waals surface area contributed by atoms with Crippen molar-refractivity contribution in [2.45, 2.75) is 0 Å². The molecule has 5 nitrogen and oxygen atoms in total. The molecule has 0 saturated carbocycles. The molecular formula is C62H38N4O. The van der Waals surface area contributed by atoms with Crippen LogP contribution in [0.1, 0.15) is 0 Å². The molecule has 0 amide bonds. The van der Waals surface area contributed by atoms with E-state index >= 15 is 0 Å². The molecule has 0 aliphatic rings. The third-order valence-electron chi connectivity index (χ3n) is 13.6. The Morgan fingerprint density at radius 1 is 0.313 bits per heavy atom. The molecule has 0 aliphatic carbocycles. The summed E-state index contributed by atoms with van der Waals surface area (Å²) < 4.78 is 10.9. The molecule has 9 aromatic carbocycles. The summed E-state index contributed by atoms with van der Waals surface area (Å²) in [5, 5.41) is 9.35. The number of rotatable bonds is 6. The summed E-state index contributed by atoms with van der Waals surface area (Å²) in [4.78, 5) is 9.57. The highest BCUT2D eigenvalue weighted by molar-refractivity contribution is 6.13. The van der Waals surface area contributed by atoms with Crippen molar-refractivity contribution < 1.29 is 4.42 Å². The Balaban J connectivity index is 0.863. The molecule has 67 heavy (non-hydrogen) atoms. The first kappa shape index (κ1) is 37.3. The lowest BCUT2D eigenvalue weighted by Crippen LogP contribution is -1.98. The standard InChI is InChI=1S/C62H38N4O/c1-3-11-40(12-4-1)55-36-48(37-56(64-55)41-13-5-2-6-14-41)66-58-18-10-8-16-50(58)52-34-45(24-27-60(52)66)43-22-20-39-19-21-42(31-46(39)32-43)44-23-26-59-51(33-44)49-15-7-9-17-57(49)65(59)47-25-28-61-53(35-47)54-38-63-30-29-62(54)67-61/h1-38H. The second kappa shape index (κ2) is 14.7. The Kier molecular flexibility index (Phi) is 8.21. The maximum Gasteiger partial charge on any atom is 0.138 e. The number of hydrogen-bond donors (Lipinski definition) is 0. The number of pyridine rings is 2. The molecule has 0 aliphatic heterocycles. The number of nitrogens with zero attached hydrogens (tertiary/aromatic N) is 4. The van der Waals surface area contributed by atoms with Crippen molar-refractivity contribution in [3.05, 3.63) is 231 Å². The predicted molar refractivity (Wildman–Crippen MR) is 277 cm³/mol. The van der Waals surface area contributed by atoms with Crippen LogP contribution in [0.2, 0.25) is 0 Å². The van der Waals surface area contributed by atoms with Gasteiger partial charge in [-0.1, -0.05) is 133 Å². The second-order valence-corrected chi connectivity index (χ2v) is 17.4. The van der Waals surface area contributed by atoms with E-state index in [0.29, 0.717) is 0 Å². The van der Waals surface area contributed by atoms with Crippen molar-refractivity contribution in [1.29, 1.82) is 0 Å². The first-order valence-corrected chi connectivity index (χ1v) is 22.7. The van der Waals surface area contributed by atoms with E-state index in [1.165, 1.54) is 54.6 Å². The van der Waals surface area contributed by atoms with Gasteiger partial charge in [0, 0.05) is 61.5 Å². The zero-order valence-corrected chi connectivity index (χ0v) is 36.1. The number of fused-ring (bicyclic) bond motifs is 10. The highest BCUT2D eigenvalue weighted by Gasteiger charge is 2.18. The molecule has 0 fully saturated rings. The van der Waals surface area contributed by atoms with Crippen LogP contribution in [0.25, 0.3) is 132 Å². The molecule has 5 heterocycles. The van der Waals surface area contributed by atoms with Gasteiger partial charge in [0.25, 0.3) is 0 Å². The van der Waals surface area contributed by atoms with Crippen LogP contribution >= 0.6 is 0 Å². The van der Waals surface area contributed by atoms with Crippen LogP contribution in [0, 0.1) is 0 Å². The molecule has 312 valence electrons. The first-order valence-electron chi connectivity index (χ1n) is 22.7. The molecule has 0 radical (unpaired) electrons. The summed E-state index contributed by atoms with van der Waals surface area (Å²) in [6, 6.07) is 78.7. The third-order valence-corrected chi connectivity index (χ3v) is 13.6. The Morgan fingerprint density at radius 3 is 1.43 bits per heavy atom. The molecule has 0 spiro atoms. The molecular weight excluding hydrogens is 817 g/mol. The topological polar surface area (TPSA) is 48.8 Å². The van der Waals surface area contributed by atoms with Gasteiger partial charge in [-0.05, 0) is 118 Å². The molecule has 5 heteroatoms. The highest BCUT2D eigenvalue weighted by atomic mass is 16.3. The number of aromatic nitrogens is 4. The van der Waals surface area contributed by atoms with Gasteiger partial charge in [-0.3, -0.25) is 4.98 Å². The normalized spacial score (nSPS) is 11.9. The summed E-state index contributed by atoms with van der Waals surface area (Å²) in [6.45, 7) is 0. The molecule has 0 unspecified atom stereocenters. The maximum absolute atomic E-state index is 6.15. The minimum Gasteiger partial charge on any atom is -0.456 e. The van der Waals surface area contributed by atoms with Gasteiger partial charge in [0.05, 0.1) is 39.1 Å². The summed E-state index contributed by atoms with van der Waals surface area (Å²) in [7, 11) is 0. The van der Waals surface area contributed by atoms with Crippen molar-refractivity contribution in [2.24, 2.45) is 0 Å². The Hall–Kier alpha value is -9.06. The van der Waals surface area contributed by atoms with Crippen LogP contribution in [-0.4, -0.2) is 19.1 Å². The third kappa shape index (κ3) is 6.02. The van der Waals surface area contributed by atoms with Crippen molar-refractivity contribution in [3.63, 3.8) is 0 Å². The first-order chi connectivity index (χ1) is 33.2. The zero-order chi connectivity index (χ0) is 44.0. The molecule has 14 rings (SSSR count). The lowest BCUT2D eigenvalue weighted by Gasteiger charge is -2.13. The fourth-order valence-corrected chi connectivity index (χ4v) is 10.4. The van der Waals surface area contributed by atoms with E-state index in [4.69, 9.17) is 9.40 Å². The minimum absolute atomic E-state index is 0.846. The van der Waals surface area contributed by atoms with Crippen molar-refractivity contribution >= 4 is 76.3 Å². The van der Waals surface area contributed by atoms with Gasteiger partial charge >= 0.3 is 0 Å². The fraction of sp³-hybridized carbons (Fsp3) is 0. The average molecular weight is 855 g/mol. The van der Waals surface area contributed by atoms with Crippen LogP contribution in [0.15, 0.2) is 235 Å². The van der Waals surface area contributed by atoms with E-state index in [1.807, 2.05) is 12.3 Å². The quantitative estimate of drug-likeness (QED) is 0.167. The Bertz CT molecular complexity index is 4220. The van der Waals surface area contributed by atoms with Gasteiger partial charge in [-0.15, -0.1) is 0 Å². The lowest BCUT2D eigenvalue weighted by molar-refractivity contribution is 0.668. The van der Waals surface area contributed by atoms with E-state index in [0.717, 1.165) is 77.9 Å². The molecule has 14 aromatic rings. The van der Waals surface area contributed by atoms with Crippen molar-refractivity contribution in [2.75, 3.05) is 0 Å².